The van der Waals surface area contributed by atoms with Gasteiger partial charge in [-0.1, -0.05) is 13.3 Å². The minimum atomic E-state index is 0.438. The molecule has 78 valence electrons. The van der Waals surface area contributed by atoms with Crippen LogP contribution in [0.4, 0.5) is 0 Å². The van der Waals surface area contributed by atoms with E-state index in [2.05, 4.69) is 39.5 Å². The van der Waals surface area contributed by atoms with Crippen LogP contribution in [0.5, 0.6) is 0 Å². The molecule has 0 amide bonds. The van der Waals surface area contributed by atoms with Crippen molar-refractivity contribution in [2.75, 3.05) is 0 Å². The van der Waals surface area contributed by atoms with Crippen LogP contribution in [0.3, 0.4) is 0 Å². The molecule has 0 unspecified atom stereocenters. The maximum Gasteiger partial charge on any atom is 0.0159 e. The predicted molar refractivity (Wildman–Crippen MR) is 59.0 cm³/mol. The lowest BCUT2D eigenvalue weighted by molar-refractivity contribution is 0.0865. The molecule has 0 aromatic carbocycles. The van der Waals surface area contributed by atoms with Crippen LogP contribution in [-0.2, 0) is 0 Å². The summed E-state index contributed by atoms with van der Waals surface area (Å²) in [6, 6.07) is 1.55. The summed E-state index contributed by atoms with van der Waals surface area (Å²) in [6.07, 6.45) is 5.47. The molecule has 0 spiro atoms. The molecule has 13 heavy (non-hydrogen) atoms. The summed E-state index contributed by atoms with van der Waals surface area (Å²) in [7, 11) is 0. The zero-order valence-electron chi connectivity index (χ0n) is 9.93. The van der Waals surface area contributed by atoms with E-state index in [4.69, 9.17) is 0 Å². The van der Waals surface area contributed by atoms with Crippen molar-refractivity contribution in [1.82, 2.24) is 4.90 Å². The van der Waals surface area contributed by atoms with Gasteiger partial charge in [0, 0.05) is 17.6 Å². The molecule has 0 aliphatic carbocycles. The van der Waals surface area contributed by atoms with Gasteiger partial charge < -0.3 is 0 Å². The Morgan fingerprint density at radius 3 is 2.46 bits per heavy atom. The molecule has 1 nitrogen and oxygen atoms in total. The molecule has 0 saturated carbocycles. The van der Waals surface area contributed by atoms with Crippen LogP contribution in [0.1, 0.15) is 60.3 Å². The standard InChI is InChI=1S/C12H25N/c1-6-7-11-8-9-12(4,5)13(11)10(2)3/h10-11H,6-9H2,1-5H3/t11-/m1/s1. The van der Waals surface area contributed by atoms with E-state index in [1.54, 1.807) is 0 Å². The van der Waals surface area contributed by atoms with Gasteiger partial charge in [0.25, 0.3) is 0 Å². The molecule has 0 aromatic heterocycles. The molecule has 1 rings (SSSR count). The maximum atomic E-state index is 2.72. The summed E-state index contributed by atoms with van der Waals surface area (Å²) < 4.78 is 0. The van der Waals surface area contributed by atoms with E-state index < -0.39 is 0 Å². The number of likely N-dealkylation sites (tertiary alicyclic amines) is 1. The Balaban J connectivity index is 2.68. The molecule has 1 atom stereocenters. The van der Waals surface area contributed by atoms with Crippen molar-refractivity contribution < 1.29 is 0 Å². The van der Waals surface area contributed by atoms with Crippen LogP contribution in [0.2, 0.25) is 0 Å². The van der Waals surface area contributed by atoms with E-state index >= 15 is 0 Å². The average Bonchev–Trinajstić information content (AvgIpc) is 2.26. The van der Waals surface area contributed by atoms with Gasteiger partial charge in [-0.2, -0.15) is 0 Å². The highest BCUT2D eigenvalue weighted by atomic mass is 15.3. The minimum absolute atomic E-state index is 0.438. The van der Waals surface area contributed by atoms with Gasteiger partial charge >= 0.3 is 0 Å². The fraction of sp³-hybridized carbons (Fsp3) is 1.00. The van der Waals surface area contributed by atoms with Crippen LogP contribution in [-0.4, -0.2) is 22.5 Å². The quantitative estimate of drug-likeness (QED) is 0.648. The molecule has 1 aliphatic heterocycles. The molecule has 1 fully saturated rings. The molecule has 0 bridgehead atoms. The molecule has 1 heterocycles. The lowest BCUT2D eigenvalue weighted by atomic mass is 10.0. The first-order valence-electron chi connectivity index (χ1n) is 5.77. The van der Waals surface area contributed by atoms with Crippen molar-refractivity contribution in [3.63, 3.8) is 0 Å². The number of hydrogen-bond donors (Lipinski definition) is 0. The lowest BCUT2D eigenvalue weighted by Crippen LogP contribution is -2.47. The zero-order valence-corrected chi connectivity index (χ0v) is 9.93. The molecule has 1 saturated heterocycles. The van der Waals surface area contributed by atoms with Crippen molar-refractivity contribution in [2.45, 2.75) is 77.9 Å². The first-order valence-corrected chi connectivity index (χ1v) is 5.77. The van der Waals surface area contributed by atoms with Gasteiger partial charge in [0.1, 0.15) is 0 Å². The number of rotatable bonds is 3. The van der Waals surface area contributed by atoms with Gasteiger partial charge in [0.05, 0.1) is 0 Å². The van der Waals surface area contributed by atoms with Crippen LogP contribution >= 0.6 is 0 Å². The van der Waals surface area contributed by atoms with Gasteiger partial charge in [-0.15, -0.1) is 0 Å². The fourth-order valence-corrected chi connectivity index (χ4v) is 3.02. The van der Waals surface area contributed by atoms with Crippen LogP contribution < -0.4 is 0 Å². The third kappa shape index (κ3) is 2.25. The number of nitrogens with zero attached hydrogens (tertiary/aromatic N) is 1. The first-order chi connectivity index (χ1) is 5.99. The Morgan fingerprint density at radius 2 is 2.00 bits per heavy atom. The van der Waals surface area contributed by atoms with Gasteiger partial charge in [0.15, 0.2) is 0 Å². The summed E-state index contributed by atoms with van der Waals surface area (Å²) in [5.41, 5.74) is 0.438. The van der Waals surface area contributed by atoms with E-state index in [1.165, 1.54) is 25.7 Å². The highest BCUT2D eigenvalue weighted by Crippen LogP contribution is 2.36. The highest BCUT2D eigenvalue weighted by molar-refractivity contribution is 4.95. The second-order valence-corrected chi connectivity index (χ2v) is 5.29. The van der Waals surface area contributed by atoms with E-state index in [0.717, 1.165) is 6.04 Å². The largest absolute Gasteiger partial charge is 0.293 e. The summed E-state index contributed by atoms with van der Waals surface area (Å²) in [5, 5.41) is 0. The van der Waals surface area contributed by atoms with E-state index in [-0.39, 0.29) is 0 Å². The Hall–Kier alpha value is -0.0400. The normalized spacial score (nSPS) is 28.6. The molecular formula is C12H25N. The van der Waals surface area contributed by atoms with Crippen molar-refractivity contribution in [1.29, 1.82) is 0 Å². The van der Waals surface area contributed by atoms with Gasteiger partial charge in [-0.3, -0.25) is 4.90 Å². The third-order valence-electron chi connectivity index (χ3n) is 3.36. The summed E-state index contributed by atoms with van der Waals surface area (Å²) in [6.45, 7) is 11.7. The first kappa shape index (κ1) is 11.0. The summed E-state index contributed by atoms with van der Waals surface area (Å²) in [5.74, 6) is 0. The van der Waals surface area contributed by atoms with Crippen molar-refractivity contribution >= 4 is 0 Å². The topological polar surface area (TPSA) is 3.24 Å². The Labute approximate surface area is 83.5 Å². The monoisotopic (exact) mass is 183 g/mol. The van der Waals surface area contributed by atoms with Crippen molar-refractivity contribution in [2.24, 2.45) is 0 Å². The van der Waals surface area contributed by atoms with Gasteiger partial charge in [0.2, 0.25) is 0 Å². The predicted octanol–water partition coefficient (Wildman–Crippen LogP) is 3.44. The van der Waals surface area contributed by atoms with Gasteiger partial charge in [-0.05, 0) is 47.0 Å². The Bertz CT molecular complexity index is 161. The third-order valence-corrected chi connectivity index (χ3v) is 3.36. The molecule has 0 aromatic rings. The highest BCUT2D eigenvalue weighted by Gasteiger charge is 2.39. The molecule has 1 heteroatoms. The van der Waals surface area contributed by atoms with Crippen molar-refractivity contribution in [3.8, 4) is 0 Å². The Kier molecular flexibility index (Phi) is 3.39. The SMILES string of the molecule is CCC[C@@H]1CCC(C)(C)N1C(C)C. The van der Waals surface area contributed by atoms with E-state index in [9.17, 15) is 0 Å². The van der Waals surface area contributed by atoms with Crippen LogP contribution in [0, 0.1) is 0 Å². The smallest absolute Gasteiger partial charge is 0.0159 e. The zero-order chi connectivity index (χ0) is 10.1. The fourth-order valence-electron chi connectivity index (χ4n) is 3.02. The average molecular weight is 183 g/mol. The second kappa shape index (κ2) is 4.00. The molecule has 1 aliphatic rings. The van der Waals surface area contributed by atoms with Crippen LogP contribution in [0.25, 0.3) is 0 Å². The minimum Gasteiger partial charge on any atom is -0.293 e. The summed E-state index contributed by atoms with van der Waals surface area (Å²) >= 11 is 0. The summed E-state index contributed by atoms with van der Waals surface area (Å²) in [4.78, 5) is 2.72. The maximum absolute atomic E-state index is 2.72. The molecule has 0 radical (unpaired) electrons. The van der Waals surface area contributed by atoms with Crippen molar-refractivity contribution in [3.05, 3.63) is 0 Å². The van der Waals surface area contributed by atoms with E-state index in [0.29, 0.717) is 11.6 Å². The number of hydrogen-bond acceptors (Lipinski definition) is 1. The molecular weight excluding hydrogens is 158 g/mol. The van der Waals surface area contributed by atoms with Gasteiger partial charge in [-0.25, -0.2) is 0 Å². The van der Waals surface area contributed by atoms with Crippen LogP contribution in [0.15, 0.2) is 0 Å². The van der Waals surface area contributed by atoms with E-state index in [1.807, 2.05) is 0 Å². The molecule has 0 N–H and O–H groups in total. The Morgan fingerprint density at radius 1 is 1.38 bits per heavy atom. The lowest BCUT2D eigenvalue weighted by Gasteiger charge is -2.39. The second-order valence-electron chi connectivity index (χ2n) is 5.29.